The van der Waals surface area contributed by atoms with Gasteiger partial charge in [-0.2, -0.15) is 0 Å². The zero-order valence-corrected chi connectivity index (χ0v) is 14.0. The van der Waals surface area contributed by atoms with E-state index in [1.54, 1.807) is 12.1 Å². The smallest absolute Gasteiger partial charge is 0.123 e. The molecular weight excluding hydrogens is 301 g/mol. The largest absolute Gasteiger partial charge is 0.309 e. The third kappa shape index (κ3) is 3.50. The molecule has 0 radical (unpaired) electrons. The van der Waals surface area contributed by atoms with Crippen molar-refractivity contribution in [3.8, 4) is 0 Å². The number of aryl methyl sites for hydroxylation is 1. The van der Waals surface area contributed by atoms with Crippen LogP contribution in [0.2, 0.25) is 0 Å². The topological polar surface area (TPSA) is 12.0 Å². The molecule has 112 valence electrons. The van der Waals surface area contributed by atoms with Crippen LogP contribution in [0.5, 0.6) is 0 Å². The molecule has 1 aromatic carbocycles. The van der Waals surface area contributed by atoms with Crippen molar-refractivity contribution in [2.45, 2.75) is 42.2 Å². The van der Waals surface area contributed by atoms with Crippen LogP contribution in [0.15, 0.2) is 33.9 Å². The Kier molecular flexibility index (Phi) is 4.67. The molecule has 1 aliphatic rings. The second-order valence-corrected chi connectivity index (χ2v) is 8.28. The molecule has 1 aliphatic heterocycles. The van der Waals surface area contributed by atoms with E-state index in [-0.39, 0.29) is 5.82 Å². The molecule has 1 aromatic heterocycles. The fourth-order valence-corrected chi connectivity index (χ4v) is 5.43. The summed E-state index contributed by atoms with van der Waals surface area (Å²) in [5.41, 5.74) is 3.73. The van der Waals surface area contributed by atoms with Gasteiger partial charge in [-0.25, -0.2) is 4.39 Å². The second kappa shape index (κ2) is 6.51. The predicted octanol–water partition coefficient (Wildman–Crippen LogP) is 4.95. The maximum atomic E-state index is 13.1. The number of nitrogens with one attached hydrogen (secondary N) is 1. The van der Waals surface area contributed by atoms with Gasteiger partial charge in [0.05, 0.1) is 4.21 Å². The summed E-state index contributed by atoms with van der Waals surface area (Å²) >= 11 is 3.84. The lowest BCUT2D eigenvalue weighted by molar-refractivity contribution is 0.491. The molecule has 0 amide bonds. The highest BCUT2D eigenvalue weighted by Gasteiger charge is 2.25. The number of benzene rings is 1. The number of rotatable bonds is 4. The zero-order chi connectivity index (χ0) is 14.8. The van der Waals surface area contributed by atoms with Gasteiger partial charge >= 0.3 is 0 Å². The maximum Gasteiger partial charge on any atom is 0.123 e. The average molecular weight is 321 g/mol. The van der Waals surface area contributed by atoms with Crippen molar-refractivity contribution in [3.05, 3.63) is 52.2 Å². The summed E-state index contributed by atoms with van der Waals surface area (Å²) in [6.45, 7) is 5.21. The van der Waals surface area contributed by atoms with Gasteiger partial charge < -0.3 is 5.32 Å². The van der Waals surface area contributed by atoms with E-state index in [0.717, 1.165) is 18.5 Å². The Labute approximate surface area is 134 Å². The molecule has 0 saturated heterocycles. The van der Waals surface area contributed by atoms with E-state index in [2.05, 4.69) is 23.7 Å². The number of halogens is 1. The Morgan fingerprint density at radius 3 is 3.00 bits per heavy atom. The third-order valence-electron chi connectivity index (χ3n) is 4.00. The van der Waals surface area contributed by atoms with Crippen molar-refractivity contribution < 1.29 is 4.39 Å². The minimum Gasteiger partial charge on any atom is -0.309 e. The Hall–Kier alpha value is -0.840. The Bertz CT molecular complexity index is 623. The van der Waals surface area contributed by atoms with Gasteiger partial charge in [-0.05, 0) is 66.6 Å². The third-order valence-corrected chi connectivity index (χ3v) is 6.34. The molecule has 2 heterocycles. The van der Waals surface area contributed by atoms with Crippen LogP contribution >= 0.6 is 23.1 Å². The number of hydrogen-bond acceptors (Lipinski definition) is 3. The molecule has 0 spiro atoms. The van der Waals surface area contributed by atoms with E-state index in [9.17, 15) is 4.39 Å². The van der Waals surface area contributed by atoms with Gasteiger partial charge in [0.25, 0.3) is 0 Å². The monoisotopic (exact) mass is 321 g/mol. The van der Waals surface area contributed by atoms with Crippen molar-refractivity contribution in [2.75, 3.05) is 6.54 Å². The molecule has 1 nitrogen and oxygen atoms in total. The quantitative estimate of drug-likeness (QED) is 0.855. The van der Waals surface area contributed by atoms with E-state index in [1.165, 1.54) is 21.8 Å². The lowest BCUT2D eigenvalue weighted by atomic mass is 10.0. The average Bonchev–Trinajstić information content (AvgIpc) is 2.89. The van der Waals surface area contributed by atoms with Gasteiger partial charge in [-0.1, -0.05) is 13.0 Å². The first-order valence-electron chi connectivity index (χ1n) is 7.36. The van der Waals surface area contributed by atoms with Gasteiger partial charge in [0.15, 0.2) is 0 Å². The van der Waals surface area contributed by atoms with Gasteiger partial charge in [0.2, 0.25) is 0 Å². The molecule has 1 N–H and O–H groups in total. The molecular formula is C17H20FNS2. The Balaban J connectivity index is 1.61. The fraction of sp³-hybridized carbons (Fsp3) is 0.412. The van der Waals surface area contributed by atoms with E-state index in [4.69, 9.17) is 0 Å². The van der Waals surface area contributed by atoms with Gasteiger partial charge in [0.1, 0.15) is 5.82 Å². The molecule has 2 atom stereocenters. The van der Waals surface area contributed by atoms with Crippen LogP contribution in [-0.4, -0.2) is 11.8 Å². The van der Waals surface area contributed by atoms with Crippen molar-refractivity contribution in [2.24, 2.45) is 0 Å². The lowest BCUT2D eigenvalue weighted by Gasteiger charge is -2.27. The minimum absolute atomic E-state index is 0.148. The summed E-state index contributed by atoms with van der Waals surface area (Å²) < 4.78 is 14.6. The first-order chi connectivity index (χ1) is 10.1. The second-order valence-electron chi connectivity index (χ2n) is 5.66. The molecule has 0 bridgehead atoms. The standard InChI is InChI=1S/C17H20FNS2/c1-11-9-14(18)4-3-13(11)5-7-19-16-10-12(2)21-17-15(16)6-8-20-17/h3-4,6,8-9,12,16,19H,5,7,10H2,1-2H3/t12-,16?/m0/s1. The molecule has 0 saturated carbocycles. The SMILES string of the molecule is Cc1cc(F)ccc1CCNC1C[C@H](C)Sc2sccc21. The van der Waals surface area contributed by atoms with Crippen LogP contribution in [0.3, 0.4) is 0 Å². The highest BCUT2D eigenvalue weighted by atomic mass is 32.2. The van der Waals surface area contributed by atoms with Crippen LogP contribution in [0.25, 0.3) is 0 Å². The van der Waals surface area contributed by atoms with Crippen LogP contribution < -0.4 is 5.32 Å². The minimum atomic E-state index is -0.148. The maximum absolute atomic E-state index is 13.1. The lowest BCUT2D eigenvalue weighted by Crippen LogP contribution is -2.28. The highest BCUT2D eigenvalue weighted by Crippen LogP contribution is 2.43. The Morgan fingerprint density at radius 1 is 1.33 bits per heavy atom. The first kappa shape index (κ1) is 15.1. The van der Waals surface area contributed by atoms with E-state index < -0.39 is 0 Å². The van der Waals surface area contributed by atoms with Gasteiger partial charge in [-0.15, -0.1) is 23.1 Å². The molecule has 4 heteroatoms. The van der Waals surface area contributed by atoms with Crippen molar-refractivity contribution >= 4 is 23.1 Å². The summed E-state index contributed by atoms with van der Waals surface area (Å²) in [6.07, 6.45) is 2.13. The normalized spacial score (nSPS) is 21.3. The van der Waals surface area contributed by atoms with E-state index >= 15 is 0 Å². The summed E-state index contributed by atoms with van der Waals surface area (Å²) in [7, 11) is 0. The number of hydrogen-bond donors (Lipinski definition) is 1. The summed E-state index contributed by atoms with van der Waals surface area (Å²) in [5.74, 6) is -0.148. The van der Waals surface area contributed by atoms with Crippen molar-refractivity contribution in [1.82, 2.24) is 5.32 Å². The summed E-state index contributed by atoms with van der Waals surface area (Å²) in [6, 6.07) is 7.79. The number of thiophene rings is 1. The Morgan fingerprint density at radius 2 is 2.19 bits per heavy atom. The van der Waals surface area contributed by atoms with E-state index in [1.807, 2.05) is 36.1 Å². The molecule has 0 aliphatic carbocycles. The van der Waals surface area contributed by atoms with Crippen LogP contribution in [0, 0.1) is 12.7 Å². The van der Waals surface area contributed by atoms with Gasteiger partial charge in [-0.3, -0.25) is 0 Å². The van der Waals surface area contributed by atoms with Gasteiger partial charge in [0, 0.05) is 11.3 Å². The van der Waals surface area contributed by atoms with Crippen LogP contribution in [0.1, 0.15) is 36.1 Å². The van der Waals surface area contributed by atoms with Crippen molar-refractivity contribution in [3.63, 3.8) is 0 Å². The highest BCUT2D eigenvalue weighted by molar-refractivity contribution is 8.01. The van der Waals surface area contributed by atoms with E-state index in [0.29, 0.717) is 11.3 Å². The van der Waals surface area contributed by atoms with Crippen LogP contribution in [0.4, 0.5) is 4.39 Å². The molecule has 1 unspecified atom stereocenters. The molecule has 2 aromatic rings. The fourth-order valence-electron chi connectivity index (χ4n) is 2.86. The molecule has 0 fully saturated rings. The van der Waals surface area contributed by atoms with Crippen LogP contribution in [-0.2, 0) is 6.42 Å². The summed E-state index contributed by atoms with van der Waals surface area (Å²) in [4.78, 5) is 0. The van der Waals surface area contributed by atoms with Crippen molar-refractivity contribution in [1.29, 1.82) is 0 Å². The molecule has 3 rings (SSSR count). The molecule has 21 heavy (non-hydrogen) atoms. The predicted molar refractivity (Wildman–Crippen MR) is 89.8 cm³/mol. The number of fused-ring (bicyclic) bond motifs is 1. The zero-order valence-electron chi connectivity index (χ0n) is 12.4. The first-order valence-corrected chi connectivity index (χ1v) is 9.12. The number of thioether (sulfide) groups is 1. The summed E-state index contributed by atoms with van der Waals surface area (Å²) in [5, 5.41) is 6.54.